The van der Waals surface area contributed by atoms with Gasteiger partial charge < -0.3 is 9.64 Å². The average molecular weight is 612 g/mol. The number of fused-ring (bicyclic) bond motifs is 3. The van der Waals surface area contributed by atoms with Crippen molar-refractivity contribution in [3.8, 4) is 0 Å². The van der Waals surface area contributed by atoms with Gasteiger partial charge in [0.05, 0.1) is 24.3 Å². The molecule has 0 aromatic carbocycles. The molecule has 0 spiro atoms. The van der Waals surface area contributed by atoms with Crippen LogP contribution in [-0.4, -0.2) is 112 Å². The maximum Gasteiger partial charge on any atom is 0.409 e. The fourth-order valence-corrected chi connectivity index (χ4v) is 9.96. The van der Waals surface area contributed by atoms with Gasteiger partial charge in [-0.2, -0.15) is 13.2 Å². The maximum absolute atomic E-state index is 14.4. The lowest BCUT2D eigenvalue weighted by molar-refractivity contribution is -0.203. The zero-order valence-corrected chi connectivity index (χ0v) is 25.4. The first-order chi connectivity index (χ1) is 18.9. The third-order valence-corrected chi connectivity index (χ3v) is 12.0. The molecule has 2 N–H and O–H groups in total. The summed E-state index contributed by atoms with van der Waals surface area (Å²) in [5.41, 5.74) is 3.25. The average Bonchev–Trinajstić information content (AvgIpc) is 3.29. The van der Waals surface area contributed by atoms with Crippen molar-refractivity contribution < 1.29 is 26.9 Å². The minimum absolute atomic E-state index is 0.0718. The van der Waals surface area contributed by atoms with E-state index in [1.54, 1.807) is 7.11 Å². The van der Waals surface area contributed by atoms with Crippen LogP contribution in [0.4, 0.5) is 13.2 Å². The van der Waals surface area contributed by atoms with Gasteiger partial charge in [0.2, 0.25) is 5.91 Å². The fraction of sp³-hybridized carbons (Fsp3) is 0.963. The van der Waals surface area contributed by atoms with Crippen molar-refractivity contribution in [2.45, 2.75) is 100 Å². The molecule has 4 aliphatic heterocycles. The molecule has 1 amide bonds. The highest BCUT2D eigenvalue weighted by molar-refractivity contribution is 7.85. The molecule has 0 aromatic heterocycles. The predicted octanol–water partition coefficient (Wildman–Crippen LogP) is 2.89. The molecule has 230 valence electrons. The number of amides is 1. The number of halogens is 4. The summed E-state index contributed by atoms with van der Waals surface area (Å²) in [6.45, 7) is 4.60. The number of hydrogen-bond acceptors (Lipinski definition) is 7. The lowest BCUT2D eigenvalue weighted by Gasteiger charge is -2.59. The molecule has 0 bridgehead atoms. The summed E-state index contributed by atoms with van der Waals surface area (Å²) in [6, 6.07) is -1.21. The van der Waals surface area contributed by atoms with Crippen LogP contribution in [0.1, 0.15) is 58.3 Å². The Kier molecular flexibility index (Phi) is 9.47. The number of nitrogens with one attached hydrogen (secondary N) is 2. The lowest BCUT2D eigenvalue weighted by atomic mass is 9.70. The third kappa shape index (κ3) is 6.10. The van der Waals surface area contributed by atoms with Crippen LogP contribution >= 0.6 is 11.6 Å². The predicted molar refractivity (Wildman–Crippen MR) is 149 cm³/mol. The number of ether oxygens (including phenoxy) is 1. The monoisotopic (exact) mass is 611 g/mol. The van der Waals surface area contributed by atoms with Crippen LogP contribution in [-0.2, 0) is 20.3 Å². The highest BCUT2D eigenvalue weighted by Gasteiger charge is 2.56. The zero-order chi connectivity index (χ0) is 28.8. The van der Waals surface area contributed by atoms with Crippen LogP contribution in [0.2, 0.25) is 0 Å². The van der Waals surface area contributed by atoms with Gasteiger partial charge >= 0.3 is 6.18 Å². The van der Waals surface area contributed by atoms with Crippen molar-refractivity contribution in [2.75, 3.05) is 45.4 Å². The number of methoxy groups -OCH3 is 1. The van der Waals surface area contributed by atoms with Gasteiger partial charge in [-0.05, 0) is 57.4 Å². The van der Waals surface area contributed by atoms with Crippen LogP contribution in [0.5, 0.6) is 0 Å². The summed E-state index contributed by atoms with van der Waals surface area (Å²) in [5, 5.41) is 5.93. The van der Waals surface area contributed by atoms with Crippen molar-refractivity contribution >= 4 is 28.3 Å². The number of nitrogens with zero attached hydrogens (tertiary/aromatic N) is 3. The molecule has 40 heavy (non-hydrogen) atoms. The van der Waals surface area contributed by atoms with Gasteiger partial charge in [0.15, 0.2) is 0 Å². The third-order valence-electron chi connectivity index (χ3n) is 10.3. The van der Waals surface area contributed by atoms with E-state index in [2.05, 4.69) is 27.6 Å². The van der Waals surface area contributed by atoms with E-state index in [1.165, 1.54) is 7.05 Å². The van der Waals surface area contributed by atoms with Crippen LogP contribution in [0.15, 0.2) is 0 Å². The number of likely N-dealkylation sites (tertiary alicyclic amines) is 1. The number of piperidine rings is 1. The van der Waals surface area contributed by atoms with Gasteiger partial charge in [-0.15, -0.1) is 11.6 Å². The van der Waals surface area contributed by atoms with E-state index in [4.69, 9.17) is 16.3 Å². The molecule has 5 rings (SSSR count). The second kappa shape index (κ2) is 12.2. The van der Waals surface area contributed by atoms with Gasteiger partial charge in [-0.25, -0.2) is 10.4 Å². The SMILES string of the molecule is COC[C@@]1(C)CCN(C2CCC([C@H](N(C)C(=O)C3CCS(=O)CC3)C(F)(F)F)CC2)C2CNC3CC(Cl)NN3C21. The van der Waals surface area contributed by atoms with Gasteiger partial charge in [-0.1, -0.05) is 6.92 Å². The molecular formula is C27H45ClF3N5O3S. The summed E-state index contributed by atoms with van der Waals surface area (Å²) in [6.07, 6.45) is 0.451. The Morgan fingerprint density at radius 1 is 1.20 bits per heavy atom. The molecule has 6 atom stereocenters. The Morgan fingerprint density at radius 3 is 2.50 bits per heavy atom. The highest BCUT2D eigenvalue weighted by Crippen LogP contribution is 2.45. The van der Waals surface area contributed by atoms with E-state index in [1.807, 2.05) is 0 Å². The molecule has 4 unspecified atom stereocenters. The van der Waals surface area contributed by atoms with Crippen molar-refractivity contribution in [3.63, 3.8) is 0 Å². The normalized spacial score (nSPS) is 42.2. The molecular weight excluding hydrogens is 567 g/mol. The van der Waals surface area contributed by atoms with Crippen molar-refractivity contribution in [1.82, 2.24) is 25.6 Å². The zero-order valence-electron chi connectivity index (χ0n) is 23.8. The Labute approximate surface area is 243 Å². The number of hydrazine groups is 1. The van der Waals surface area contributed by atoms with Gasteiger partial charge in [0, 0.05) is 72.8 Å². The first kappa shape index (κ1) is 30.9. The molecule has 5 fully saturated rings. The Hall–Kier alpha value is -0.500. The Bertz CT molecular complexity index is 932. The van der Waals surface area contributed by atoms with Gasteiger partial charge in [-0.3, -0.25) is 19.2 Å². The molecule has 0 radical (unpaired) electrons. The molecule has 0 aromatic rings. The number of carbonyl (C=O) groups excluding carboxylic acids is 1. The molecule has 1 aliphatic carbocycles. The first-order valence-electron chi connectivity index (χ1n) is 14.8. The molecule has 4 heterocycles. The van der Waals surface area contributed by atoms with Crippen molar-refractivity contribution in [2.24, 2.45) is 17.3 Å². The summed E-state index contributed by atoms with van der Waals surface area (Å²) in [7, 11) is 2.09. The minimum Gasteiger partial charge on any atom is -0.384 e. The van der Waals surface area contributed by atoms with E-state index < -0.39 is 40.8 Å². The van der Waals surface area contributed by atoms with Crippen molar-refractivity contribution in [3.05, 3.63) is 0 Å². The fourth-order valence-electron chi connectivity index (χ4n) is 8.38. The van der Waals surface area contributed by atoms with Crippen LogP contribution < -0.4 is 10.7 Å². The second-order valence-electron chi connectivity index (χ2n) is 12.9. The largest absolute Gasteiger partial charge is 0.409 e. The maximum atomic E-state index is 14.4. The summed E-state index contributed by atoms with van der Waals surface area (Å²) >= 11 is 6.49. The summed E-state index contributed by atoms with van der Waals surface area (Å²) in [4.78, 5) is 16.6. The molecule has 4 saturated heterocycles. The van der Waals surface area contributed by atoms with E-state index in [0.29, 0.717) is 56.6 Å². The molecule has 8 nitrogen and oxygen atoms in total. The number of rotatable bonds is 6. The molecule has 1 saturated carbocycles. The molecule has 13 heteroatoms. The standard InChI is InChI=1S/C27H45ClF3N5O3S/c1-26(16-39-3)10-11-35(20-15-32-22-14-21(28)33-36(22)24(20)26)19-6-4-17(5-7-19)23(27(29,30)31)34(2)25(37)18-8-12-40(38)13-9-18/h17-24,32-33H,4-16H2,1-3H3/t17?,18?,19?,20?,21?,22?,23-,24?,26+,40?/m0/s1. The van der Waals surface area contributed by atoms with Gasteiger partial charge in [0.25, 0.3) is 0 Å². The quantitative estimate of drug-likeness (QED) is 0.353. The van der Waals surface area contributed by atoms with E-state index in [-0.39, 0.29) is 35.2 Å². The van der Waals surface area contributed by atoms with Crippen LogP contribution in [0.25, 0.3) is 0 Å². The number of alkyl halides is 4. The summed E-state index contributed by atoms with van der Waals surface area (Å²) in [5.74, 6) is -0.752. The topological polar surface area (TPSA) is 77.1 Å². The summed E-state index contributed by atoms with van der Waals surface area (Å²) < 4.78 is 60.7. The number of hydrogen-bond donors (Lipinski definition) is 2. The minimum atomic E-state index is -4.49. The van der Waals surface area contributed by atoms with Crippen LogP contribution in [0, 0.1) is 17.3 Å². The van der Waals surface area contributed by atoms with Gasteiger partial charge in [0.1, 0.15) is 6.04 Å². The second-order valence-corrected chi connectivity index (χ2v) is 15.1. The molecule has 5 aliphatic rings. The van der Waals surface area contributed by atoms with E-state index >= 15 is 0 Å². The lowest BCUT2D eigenvalue weighted by Crippen LogP contribution is -2.75. The number of carbonyl (C=O) groups is 1. The first-order valence-corrected chi connectivity index (χ1v) is 16.7. The Morgan fingerprint density at radius 2 is 1.88 bits per heavy atom. The smallest absolute Gasteiger partial charge is 0.384 e. The highest BCUT2D eigenvalue weighted by atomic mass is 35.5. The Balaban J connectivity index is 1.27. The van der Waals surface area contributed by atoms with Crippen molar-refractivity contribution in [1.29, 1.82) is 0 Å². The van der Waals surface area contributed by atoms with Crippen LogP contribution in [0.3, 0.4) is 0 Å². The van der Waals surface area contributed by atoms with E-state index in [9.17, 15) is 22.2 Å². The van der Waals surface area contributed by atoms with E-state index in [0.717, 1.165) is 30.8 Å².